The molecule has 27 heavy (non-hydrogen) atoms. The molecule has 10 heteroatoms. The molecule has 1 aromatic carbocycles. The second kappa shape index (κ2) is 6.53. The minimum absolute atomic E-state index is 0.122. The number of aromatic nitrogens is 4. The number of nitrogens with one attached hydrogen (secondary N) is 2. The molecule has 0 bridgehead atoms. The largest absolute Gasteiger partial charge is 0.416 e. The number of alkyl halides is 3. The van der Waals surface area contributed by atoms with Gasteiger partial charge in [0.15, 0.2) is 11.6 Å². The van der Waals surface area contributed by atoms with Crippen molar-refractivity contribution in [3.05, 3.63) is 40.7 Å². The van der Waals surface area contributed by atoms with Gasteiger partial charge in [-0.15, -0.1) is 0 Å². The fourth-order valence-corrected chi connectivity index (χ4v) is 2.96. The maximum atomic E-state index is 12.8. The summed E-state index contributed by atoms with van der Waals surface area (Å²) in [6, 6.07) is 3.10. The third-order valence-electron chi connectivity index (χ3n) is 4.17. The number of carbonyl (C=O) groups excluding carboxylic acids is 2. The van der Waals surface area contributed by atoms with Crippen LogP contribution in [0.5, 0.6) is 0 Å². The number of benzene rings is 1. The first-order valence-electron chi connectivity index (χ1n) is 7.98. The zero-order chi connectivity index (χ0) is 19.9. The quantitative estimate of drug-likeness (QED) is 0.681. The lowest BCUT2D eigenvalue weighted by molar-refractivity contribution is -0.137. The fourth-order valence-electron chi connectivity index (χ4n) is 2.96. The van der Waals surface area contributed by atoms with E-state index in [-0.39, 0.29) is 23.7 Å². The molecule has 2 heterocycles. The Hall–Kier alpha value is -3.17. The molecular weight excluding hydrogens is 363 g/mol. The number of amides is 1. The predicted molar refractivity (Wildman–Crippen MR) is 91.4 cm³/mol. The number of Topliss-reactive ketones (excluding diaryl/α,β-unsaturated/α-hetero) is 1. The van der Waals surface area contributed by atoms with Gasteiger partial charge in [0.25, 0.3) is 0 Å². The number of rotatable bonds is 4. The van der Waals surface area contributed by atoms with E-state index in [0.29, 0.717) is 22.3 Å². The highest BCUT2D eigenvalue weighted by molar-refractivity contribution is 6.00. The first kappa shape index (κ1) is 18.6. The van der Waals surface area contributed by atoms with Crippen molar-refractivity contribution in [2.24, 2.45) is 0 Å². The van der Waals surface area contributed by atoms with Crippen molar-refractivity contribution in [3.63, 3.8) is 0 Å². The third-order valence-corrected chi connectivity index (χ3v) is 4.17. The lowest BCUT2D eigenvalue weighted by Crippen LogP contribution is -2.20. The van der Waals surface area contributed by atoms with Crippen molar-refractivity contribution in [1.82, 2.24) is 20.0 Å². The number of hydrogen-bond donors (Lipinski definition) is 2. The predicted octanol–water partition coefficient (Wildman–Crippen LogP) is 3.24. The molecule has 0 radical (unpaired) electrons. The van der Waals surface area contributed by atoms with E-state index in [1.165, 1.54) is 17.7 Å². The van der Waals surface area contributed by atoms with Gasteiger partial charge >= 0.3 is 6.18 Å². The smallest absolute Gasteiger partial charge is 0.307 e. The Bertz CT molecular complexity index is 1050. The second-order valence-electron chi connectivity index (χ2n) is 6.14. The van der Waals surface area contributed by atoms with E-state index in [2.05, 4.69) is 20.6 Å². The maximum absolute atomic E-state index is 12.8. The summed E-state index contributed by atoms with van der Waals surface area (Å²) in [7, 11) is 0. The van der Waals surface area contributed by atoms with E-state index in [9.17, 15) is 22.8 Å². The SMILES string of the molecule is CC(=O)c1c(C)nn(CC(=O)Nc2n[nH]c3cc(C(F)(F)F)ccc23)c1C. The summed E-state index contributed by atoms with van der Waals surface area (Å²) < 4.78 is 39.7. The van der Waals surface area contributed by atoms with E-state index in [4.69, 9.17) is 0 Å². The van der Waals surface area contributed by atoms with Gasteiger partial charge in [0.2, 0.25) is 5.91 Å². The number of aryl methyl sites for hydroxylation is 1. The molecule has 7 nitrogen and oxygen atoms in total. The summed E-state index contributed by atoms with van der Waals surface area (Å²) in [4.78, 5) is 23.9. The van der Waals surface area contributed by atoms with Crippen LogP contribution in [0, 0.1) is 13.8 Å². The Morgan fingerprint density at radius 2 is 1.96 bits per heavy atom. The van der Waals surface area contributed by atoms with Gasteiger partial charge in [-0.2, -0.15) is 23.4 Å². The molecule has 0 saturated carbocycles. The number of ketones is 1. The number of hydrogen-bond acceptors (Lipinski definition) is 4. The minimum atomic E-state index is -4.47. The van der Waals surface area contributed by atoms with Crippen LogP contribution >= 0.6 is 0 Å². The number of anilines is 1. The van der Waals surface area contributed by atoms with Gasteiger partial charge < -0.3 is 5.32 Å². The van der Waals surface area contributed by atoms with E-state index in [1.54, 1.807) is 13.8 Å². The van der Waals surface area contributed by atoms with Crippen molar-refractivity contribution in [1.29, 1.82) is 0 Å². The maximum Gasteiger partial charge on any atom is 0.416 e. The standard InChI is InChI=1S/C17H16F3N5O2/c1-8-15(10(3)26)9(2)25(24-8)7-14(27)21-16-12-5-4-11(17(18,19)20)6-13(12)22-23-16/h4-6H,7H2,1-3H3,(H2,21,22,23,27). The van der Waals surface area contributed by atoms with Gasteiger partial charge in [-0.25, -0.2) is 0 Å². The Morgan fingerprint density at radius 1 is 1.26 bits per heavy atom. The van der Waals surface area contributed by atoms with Crippen LogP contribution in [0.1, 0.15) is 34.2 Å². The Morgan fingerprint density at radius 3 is 2.56 bits per heavy atom. The molecule has 1 amide bonds. The van der Waals surface area contributed by atoms with Crippen LogP contribution in [-0.4, -0.2) is 31.7 Å². The molecule has 0 saturated heterocycles. The molecule has 0 fully saturated rings. The van der Waals surface area contributed by atoms with E-state index >= 15 is 0 Å². The zero-order valence-electron chi connectivity index (χ0n) is 14.7. The summed E-state index contributed by atoms with van der Waals surface area (Å²) in [6.07, 6.45) is -4.47. The summed E-state index contributed by atoms with van der Waals surface area (Å²) in [5, 5.41) is 13.4. The van der Waals surface area contributed by atoms with Crippen LogP contribution in [-0.2, 0) is 17.5 Å². The van der Waals surface area contributed by atoms with E-state index in [1.807, 2.05) is 0 Å². The van der Waals surface area contributed by atoms with Gasteiger partial charge in [-0.1, -0.05) is 0 Å². The van der Waals surface area contributed by atoms with Crippen LogP contribution < -0.4 is 5.32 Å². The topological polar surface area (TPSA) is 92.7 Å². The highest BCUT2D eigenvalue weighted by Crippen LogP contribution is 2.32. The first-order chi connectivity index (χ1) is 12.6. The highest BCUT2D eigenvalue weighted by Gasteiger charge is 2.31. The molecule has 0 aliphatic heterocycles. The molecule has 142 valence electrons. The highest BCUT2D eigenvalue weighted by atomic mass is 19.4. The van der Waals surface area contributed by atoms with Gasteiger partial charge in [0.1, 0.15) is 6.54 Å². The molecule has 0 atom stereocenters. The second-order valence-corrected chi connectivity index (χ2v) is 6.14. The van der Waals surface area contributed by atoms with Crippen molar-refractivity contribution in [3.8, 4) is 0 Å². The lowest BCUT2D eigenvalue weighted by atomic mass is 10.1. The number of carbonyl (C=O) groups is 2. The molecule has 2 N–H and O–H groups in total. The van der Waals surface area contributed by atoms with Gasteiger partial charge in [0, 0.05) is 11.1 Å². The van der Waals surface area contributed by atoms with Crippen molar-refractivity contribution >= 4 is 28.4 Å². The number of aromatic amines is 1. The number of H-pyrrole nitrogens is 1. The third kappa shape index (κ3) is 3.55. The molecule has 0 unspecified atom stereocenters. The summed E-state index contributed by atoms with van der Waals surface area (Å²) >= 11 is 0. The van der Waals surface area contributed by atoms with Crippen LogP contribution in [0.3, 0.4) is 0 Å². The first-order valence-corrected chi connectivity index (χ1v) is 7.98. The minimum Gasteiger partial charge on any atom is -0.307 e. The van der Waals surface area contributed by atoms with Crippen molar-refractivity contribution in [2.45, 2.75) is 33.5 Å². The van der Waals surface area contributed by atoms with Crippen LogP contribution in [0.25, 0.3) is 10.9 Å². The fraction of sp³-hybridized carbons (Fsp3) is 0.294. The van der Waals surface area contributed by atoms with Crippen LogP contribution in [0.4, 0.5) is 19.0 Å². The van der Waals surface area contributed by atoms with E-state index < -0.39 is 17.6 Å². The summed E-state index contributed by atoms with van der Waals surface area (Å²) in [5.74, 6) is -0.489. The van der Waals surface area contributed by atoms with Crippen molar-refractivity contribution < 1.29 is 22.8 Å². The molecular formula is C17H16F3N5O2. The van der Waals surface area contributed by atoms with Gasteiger partial charge in [-0.3, -0.25) is 19.4 Å². The summed E-state index contributed by atoms with van der Waals surface area (Å²) in [5.41, 5.74) is 0.906. The normalized spacial score (nSPS) is 11.8. The molecule has 3 rings (SSSR count). The Kier molecular flexibility index (Phi) is 4.50. The van der Waals surface area contributed by atoms with Gasteiger partial charge in [-0.05, 0) is 39.0 Å². The van der Waals surface area contributed by atoms with Crippen LogP contribution in [0.2, 0.25) is 0 Å². The number of halogens is 3. The van der Waals surface area contributed by atoms with Crippen LogP contribution in [0.15, 0.2) is 18.2 Å². The number of nitrogens with zero attached hydrogens (tertiary/aromatic N) is 3. The molecule has 0 spiro atoms. The molecule has 2 aromatic heterocycles. The van der Waals surface area contributed by atoms with Crippen molar-refractivity contribution in [2.75, 3.05) is 5.32 Å². The Balaban J connectivity index is 1.81. The lowest BCUT2D eigenvalue weighted by Gasteiger charge is -2.07. The average molecular weight is 379 g/mol. The zero-order valence-corrected chi connectivity index (χ0v) is 14.7. The average Bonchev–Trinajstić information content (AvgIpc) is 3.07. The monoisotopic (exact) mass is 379 g/mol. The molecule has 3 aromatic rings. The van der Waals surface area contributed by atoms with Gasteiger partial charge in [0.05, 0.1) is 22.3 Å². The summed E-state index contributed by atoms with van der Waals surface area (Å²) in [6.45, 7) is 4.63. The molecule has 0 aliphatic rings. The Labute approximate surface area is 151 Å². The number of fused-ring (bicyclic) bond motifs is 1. The molecule has 0 aliphatic carbocycles. The van der Waals surface area contributed by atoms with E-state index in [0.717, 1.165) is 12.1 Å².